The molecule has 1 aliphatic rings. The number of carbonyl (C=O) groups is 1. The van der Waals surface area contributed by atoms with Crippen LogP contribution in [0.25, 0.3) is 0 Å². The molecule has 1 aliphatic carbocycles. The lowest BCUT2D eigenvalue weighted by Crippen LogP contribution is -2.47. The van der Waals surface area contributed by atoms with Crippen molar-refractivity contribution in [3.05, 3.63) is 35.9 Å². The maximum Gasteiger partial charge on any atom is 0.222 e. The van der Waals surface area contributed by atoms with Gasteiger partial charge in [0.2, 0.25) is 5.91 Å². The maximum atomic E-state index is 12.0. The second-order valence-corrected chi connectivity index (χ2v) is 6.96. The largest absolute Gasteiger partial charge is 0.385 e. The first-order valence-corrected chi connectivity index (χ1v) is 9.41. The van der Waals surface area contributed by atoms with Gasteiger partial charge in [-0.25, -0.2) is 0 Å². The van der Waals surface area contributed by atoms with Crippen molar-refractivity contribution in [3.63, 3.8) is 0 Å². The van der Waals surface area contributed by atoms with Crippen molar-refractivity contribution in [3.8, 4) is 0 Å². The van der Waals surface area contributed by atoms with Crippen LogP contribution in [-0.4, -0.2) is 45.7 Å². The predicted molar refractivity (Wildman–Crippen MR) is 105 cm³/mol. The molecule has 144 valence electrons. The first-order valence-electron chi connectivity index (χ1n) is 9.41. The van der Waals surface area contributed by atoms with Crippen molar-refractivity contribution in [1.29, 1.82) is 0 Å². The smallest absolute Gasteiger partial charge is 0.222 e. The minimum atomic E-state index is 0.0346. The Labute approximate surface area is 156 Å². The molecule has 2 rings (SSSR count). The Morgan fingerprint density at radius 1 is 1.19 bits per heavy atom. The molecule has 6 nitrogen and oxygen atoms in total. The van der Waals surface area contributed by atoms with Crippen LogP contribution in [0.5, 0.6) is 0 Å². The summed E-state index contributed by atoms with van der Waals surface area (Å²) in [6.45, 7) is 2.82. The van der Waals surface area contributed by atoms with Crippen LogP contribution in [0.15, 0.2) is 35.3 Å². The molecular formula is C20H32N4O2. The highest BCUT2D eigenvalue weighted by Gasteiger charge is 2.36. The molecule has 0 unspecified atom stereocenters. The molecule has 3 N–H and O–H groups in total. The summed E-state index contributed by atoms with van der Waals surface area (Å²) in [6.07, 6.45) is 5.27. The quantitative estimate of drug-likeness (QED) is 0.441. The van der Waals surface area contributed by atoms with Crippen LogP contribution in [0.1, 0.15) is 37.7 Å². The van der Waals surface area contributed by atoms with Crippen molar-refractivity contribution in [2.45, 2.75) is 38.6 Å². The van der Waals surface area contributed by atoms with E-state index >= 15 is 0 Å². The zero-order valence-electron chi connectivity index (χ0n) is 16.0. The van der Waals surface area contributed by atoms with Gasteiger partial charge in [0.15, 0.2) is 5.96 Å². The van der Waals surface area contributed by atoms with Crippen LogP contribution in [-0.2, 0) is 16.1 Å². The number of aliphatic imine (C=N–C) groups is 1. The molecule has 0 bridgehead atoms. The Balaban J connectivity index is 1.63. The minimum absolute atomic E-state index is 0.0346. The molecule has 0 aromatic heterocycles. The van der Waals surface area contributed by atoms with Gasteiger partial charge in [0, 0.05) is 46.8 Å². The number of benzene rings is 1. The molecule has 0 heterocycles. The van der Waals surface area contributed by atoms with E-state index in [0.717, 1.165) is 31.1 Å². The van der Waals surface area contributed by atoms with E-state index in [0.29, 0.717) is 24.9 Å². The Hall–Kier alpha value is -2.08. The van der Waals surface area contributed by atoms with Crippen LogP contribution in [0.3, 0.4) is 0 Å². The normalized spacial score (nSPS) is 15.8. The molecule has 1 amide bonds. The lowest BCUT2D eigenvalue weighted by atomic mass is 9.67. The SMILES string of the molecule is CN=C(NCCC(=O)NCc1ccccc1)NCC1(CCOC)CCC1. The highest BCUT2D eigenvalue weighted by molar-refractivity contribution is 5.81. The summed E-state index contributed by atoms with van der Waals surface area (Å²) < 4.78 is 5.23. The van der Waals surface area contributed by atoms with Crippen LogP contribution in [0.4, 0.5) is 0 Å². The van der Waals surface area contributed by atoms with E-state index in [9.17, 15) is 4.79 Å². The zero-order valence-corrected chi connectivity index (χ0v) is 16.0. The number of hydrogen-bond donors (Lipinski definition) is 3. The standard InChI is InChI=1S/C20H32N4O2/c1-21-19(24-16-20(10-6-11-20)12-14-26-2)22-13-9-18(25)23-15-17-7-4-3-5-8-17/h3-5,7-8H,6,9-16H2,1-2H3,(H,23,25)(H2,21,22,24). The summed E-state index contributed by atoms with van der Waals surface area (Å²) in [5.41, 5.74) is 1.44. The fourth-order valence-corrected chi connectivity index (χ4v) is 3.18. The second kappa shape index (κ2) is 10.8. The van der Waals surface area contributed by atoms with Gasteiger partial charge in [-0.1, -0.05) is 36.8 Å². The highest BCUT2D eigenvalue weighted by atomic mass is 16.5. The lowest BCUT2D eigenvalue weighted by Gasteiger charge is -2.42. The predicted octanol–water partition coefficient (Wildman–Crippen LogP) is 2.06. The second-order valence-electron chi connectivity index (χ2n) is 6.96. The Kier molecular flexibility index (Phi) is 8.41. The van der Waals surface area contributed by atoms with Gasteiger partial charge in [-0.15, -0.1) is 0 Å². The summed E-state index contributed by atoms with van der Waals surface area (Å²) >= 11 is 0. The van der Waals surface area contributed by atoms with Crippen LogP contribution in [0, 0.1) is 5.41 Å². The molecule has 0 saturated heterocycles. The summed E-state index contributed by atoms with van der Waals surface area (Å²) in [5.74, 6) is 0.789. The van der Waals surface area contributed by atoms with Gasteiger partial charge in [-0.3, -0.25) is 9.79 Å². The lowest BCUT2D eigenvalue weighted by molar-refractivity contribution is -0.121. The Morgan fingerprint density at radius 2 is 1.96 bits per heavy atom. The number of hydrogen-bond acceptors (Lipinski definition) is 3. The maximum absolute atomic E-state index is 12.0. The monoisotopic (exact) mass is 360 g/mol. The third kappa shape index (κ3) is 6.67. The van der Waals surface area contributed by atoms with E-state index in [2.05, 4.69) is 20.9 Å². The molecule has 6 heteroatoms. The fourth-order valence-electron chi connectivity index (χ4n) is 3.18. The average Bonchev–Trinajstić information content (AvgIpc) is 2.64. The molecule has 0 radical (unpaired) electrons. The molecule has 1 aromatic carbocycles. The topological polar surface area (TPSA) is 74.8 Å². The van der Waals surface area contributed by atoms with Gasteiger partial charge < -0.3 is 20.7 Å². The molecule has 1 fully saturated rings. The van der Waals surface area contributed by atoms with Gasteiger partial charge >= 0.3 is 0 Å². The van der Waals surface area contributed by atoms with Gasteiger partial charge in [0.05, 0.1) is 0 Å². The van der Waals surface area contributed by atoms with Crippen LogP contribution < -0.4 is 16.0 Å². The van der Waals surface area contributed by atoms with Crippen molar-refractivity contribution >= 4 is 11.9 Å². The Morgan fingerprint density at radius 3 is 2.58 bits per heavy atom. The number of amides is 1. The number of carbonyl (C=O) groups excluding carboxylic acids is 1. The molecule has 1 saturated carbocycles. The molecule has 0 spiro atoms. The molecule has 0 atom stereocenters. The first kappa shape index (κ1) is 20.2. The number of rotatable bonds is 10. The van der Waals surface area contributed by atoms with E-state index < -0.39 is 0 Å². The van der Waals surface area contributed by atoms with Crippen LogP contribution >= 0.6 is 0 Å². The third-order valence-corrected chi connectivity index (χ3v) is 5.08. The molecular weight excluding hydrogens is 328 g/mol. The number of nitrogens with one attached hydrogen (secondary N) is 3. The van der Waals surface area contributed by atoms with Crippen molar-refractivity contribution in [2.24, 2.45) is 10.4 Å². The molecule has 0 aliphatic heterocycles. The zero-order chi connectivity index (χ0) is 18.7. The van der Waals surface area contributed by atoms with E-state index in [-0.39, 0.29) is 5.91 Å². The van der Waals surface area contributed by atoms with Crippen molar-refractivity contribution in [1.82, 2.24) is 16.0 Å². The van der Waals surface area contributed by atoms with Gasteiger partial charge in [0.1, 0.15) is 0 Å². The first-order chi connectivity index (χ1) is 12.7. The van der Waals surface area contributed by atoms with E-state index in [4.69, 9.17) is 4.74 Å². The number of guanidine groups is 1. The van der Waals surface area contributed by atoms with Gasteiger partial charge in [-0.2, -0.15) is 0 Å². The number of methoxy groups -OCH3 is 1. The summed E-state index contributed by atoms with van der Waals surface area (Å²) in [5, 5.41) is 9.56. The summed E-state index contributed by atoms with van der Waals surface area (Å²) in [6, 6.07) is 9.92. The van der Waals surface area contributed by atoms with E-state index in [1.165, 1.54) is 19.3 Å². The van der Waals surface area contributed by atoms with Crippen LogP contribution in [0.2, 0.25) is 0 Å². The van der Waals surface area contributed by atoms with Gasteiger partial charge in [0.25, 0.3) is 0 Å². The minimum Gasteiger partial charge on any atom is -0.385 e. The molecule has 26 heavy (non-hydrogen) atoms. The number of nitrogens with zero attached hydrogens (tertiary/aromatic N) is 1. The number of ether oxygens (including phenoxy) is 1. The molecule has 1 aromatic rings. The van der Waals surface area contributed by atoms with E-state index in [1.807, 2.05) is 30.3 Å². The summed E-state index contributed by atoms with van der Waals surface area (Å²) in [4.78, 5) is 16.2. The van der Waals surface area contributed by atoms with Crippen molar-refractivity contribution in [2.75, 3.05) is 33.9 Å². The third-order valence-electron chi connectivity index (χ3n) is 5.08. The summed E-state index contributed by atoms with van der Waals surface area (Å²) in [7, 11) is 3.51. The van der Waals surface area contributed by atoms with Crippen molar-refractivity contribution < 1.29 is 9.53 Å². The van der Waals surface area contributed by atoms with Gasteiger partial charge in [-0.05, 0) is 30.2 Å². The average molecular weight is 361 g/mol. The highest BCUT2D eigenvalue weighted by Crippen LogP contribution is 2.43. The fraction of sp³-hybridized carbons (Fsp3) is 0.600. The Bertz CT molecular complexity index is 570. The van der Waals surface area contributed by atoms with E-state index in [1.54, 1.807) is 14.2 Å².